The van der Waals surface area contributed by atoms with E-state index in [9.17, 15) is 4.79 Å². The van der Waals surface area contributed by atoms with Gasteiger partial charge >= 0.3 is 0 Å². The molecular weight excluding hydrogens is 316 g/mol. The van der Waals surface area contributed by atoms with E-state index < -0.39 is 0 Å². The van der Waals surface area contributed by atoms with Crippen LogP contribution >= 0.6 is 11.6 Å². The molecule has 118 valence electrons. The van der Waals surface area contributed by atoms with E-state index in [1.165, 1.54) is 0 Å². The normalized spacial score (nSPS) is 12.7. The third kappa shape index (κ3) is 3.46. The highest BCUT2D eigenvalue weighted by molar-refractivity contribution is 6.30. The molecule has 0 saturated carbocycles. The van der Waals surface area contributed by atoms with Crippen LogP contribution in [-0.2, 0) is 11.3 Å². The van der Waals surface area contributed by atoms with Crippen LogP contribution in [0.5, 0.6) is 11.6 Å². The first-order valence-electron chi connectivity index (χ1n) is 7.06. The monoisotopic (exact) mass is 330 g/mol. The summed E-state index contributed by atoms with van der Waals surface area (Å²) in [5.74, 6) is 1.03. The van der Waals surface area contributed by atoms with Gasteiger partial charge in [-0.15, -0.1) is 0 Å². The molecule has 0 spiro atoms. The van der Waals surface area contributed by atoms with Crippen molar-refractivity contribution in [1.82, 2.24) is 10.3 Å². The maximum Gasteiger partial charge on any atom is 0.250 e. The summed E-state index contributed by atoms with van der Waals surface area (Å²) < 4.78 is 10.8. The number of ether oxygens (including phenoxy) is 2. The van der Waals surface area contributed by atoms with Crippen LogP contribution in [0, 0.1) is 0 Å². The Morgan fingerprint density at radius 3 is 3.13 bits per heavy atom. The number of rotatable bonds is 4. The lowest BCUT2D eigenvalue weighted by atomic mass is 10.1. The Morgan fingerprint density at radius 2 is 2.30 bits per heavy atom. The van der Waals surface area contributed by atoms with E-state index in [1.807, 2.05) is 6.07 Å². The van der Waals surface area contributed by atoms with Crippen LogP contribution < -0.4 is 14.8 Å². The number of nitrogens with one attached hydrogen (secondary N) is 1. The van der Waals surface area contributed by atoms with Crippen LogP contribution in [-0.4, -0.2) is 24.6 Å². The molecule has 1 aliphatic heterocycles. The van der Waals surface area contributed by atoms with Crippen molar-refractivity contribution in [3.05, 3.63) is 58.3 Å². The minimum absolute atomic E-state index is 0.193. The number of hydrogen-bond acceptors (Lipinski definition) is 4. The molecule has 0 saturated heterocycles. The van der Waals surface area contributed by atoms with E-state index in [4.69, 9.17) is 21.1 Å². The third-order valence-electron chi connectivity index (χ3n) is 3.46. The molecule has 6 heteroatoms. The van der Waals surface area contributed by atoms with E-state index in [1.54, 1.807) is 43.6 Å². The summed E-state index contributed by atoms with van der Waals surface area (Å²) in [6.07, 6.45) is 3.43. The van der Waals surface area contributed by atoms with Crippen LogP contribution in [0.15, 0.2) is 42.1 Å². The zero-order chi connectivity index (χ0) is 16.2. The molecular formula is C17H15ClN2O3. The SMILES string of the molecule is COc1ncccc1CNC(=O)C1=Cc2cc(Cl)ccc2OC1. The van der Waals surface area contributed by atoms with Gasteiger partial charge in [0, 0.05) is 28.9 Å². The molecule has 0 bridgehead atoms. The molecule has 1 aliphatic rings. The summed E-state index contributed by atoms with van der Waals surface area (Å²) in [5, 5.41) is 3.45. The second kappa shape index (κ2) is 6.71. The van der Waals surface area contributed by atoms with Crippen molar-refractivity contribution in [2.45, 2.75) is 6.54 Å². The Bertz CT molecular complexity index is 774. The number of pyridine rings is 1. The number of hydrogen-bond donors (Lipinski definition) is 1. The largest absolute Gasteiger partial charge is 0.488 e. The van der Waals surface area contributed by atoms with E-state index >= 15 is 0 Å². The van der Waals surface area contributed by atoms with E-state index in [0.29, 0.717) is 23.0 Å². The van der Waals surface area contributed by atoms with Crippen molar-refractivity contribution in [3.8, 4) is 11.6 Å². The zero-order valence-electron chi connectivity index (χ0n) is 12.5. The van der Waals surface area contributed by atoms with Crippen molar-refractivity contribution in [3.63, 3.8) is 0 Å². The molecule has 1 aromatic carbocycles. The van der Waals surface area contributed by atoms with Crippen molar-refractivity contribution >= 4 is 23.6 Å². The molecule has 0 radical (unpaired) electrons. The fourth-order valence-corrected chi connectivity index (χ4v) is 2.49. The number of aromatic nitrogens is 1. The predicted molar refractivity (Wildman–Crippen MR) is 87.6 cm³/mol. The fraction of sp³-hybridized carbons (Fsp3) is 0.176. The number of amides is 1. The average Bonchev–Trinajstić information content (AvgIpc) is 2.59. The van der Waals surface area contributed by atoms with Gasteiger partial charge in [-0.05, 0) is 30.3 Å². The van der Waals surface area contributed by atoms with Crippen LogP contribution in [0.3, 0.4) is 0 Å². The van der Waals surface area contributed by atoms with Crippen LogP contribution in [0.4, 0.5) is 0 Å². The molecule has 3 rings (SSSR count). The molecule has 1 aromatic heterocycles. The first-order chi connectivity index (χ1) is 11.2. The maximum absolute atomic E-state index is 12.3. The number of carbonyl (C=O) groups excluding carboxylic acids is 1. The van der Waals surface area contributed by atoms with Crippen LogP contribution in [0.25, 0.3) is 6.08 Å². The van der Waals surface area contributed by atoms with Crippen molar-refractivity contribution in [2.75, 3.05) is 13.7 Å². The lowest BCUT2D eigenvalue weighted by Gasteiger charge is -2.18. The highest BCUT2D eigenvalue weighted by Crippen LogP contribution is 2.29. The van der Waals surface area contributed by atoms with Crippen molar-refractivity contribution in [1.29, 1.82) is 0 Å². The van der Waals surface area contributed by atoms with Gasteiger partial charge in [0.2, 0.25) is 5.88 Å². The van der Waals surface area contributed by atoms with Gasteiger partial charge < -0.3 is 14.8 Å². The molecule has 0 fully saturated rings. The van der Waals surface area contributed by atoms with Crippen LogP contribution in [0.2, 0.25) is 5.02 Å². The molecule has 2 heterocycles. The number of carbonyl (C=O) groups is 1. The second-order valence-electron chi connectivity index (χ2n) is 4.99. The number of benzene rings is 1. The highest BCUT2D eigenvalue weighted by Gasteiger charge is 2.17. The van der Waals surface area contributed by atoms with Gasteiger partial charge in [-0.25, -0.2) is 4.98 Å². The average molecular weight is 331 g/mol. The molecule has 1 amide bonds. The third-order valence-corrected chi connectivity index (χ3v) is 3.69. The number of halogens is 1. The first-order valence-corrected chi connectivity index (χ1v) is 7.44. The van der Waals surface area contributed by atoms with E-state index in [-0.39, 0.29) is 12.5 Å². The van der Waals surface area contributed by atoms with Gasteiger partial charge in [-0.2, -0.15) is 0 Å². The standard InChI is InChI=1S/C17H15ClN2O3/c1-22-17-11(3-2-6-19-17)9-20-16(21)13-7-12-8-14(18)4-5-15(12)23-10-13/h2-8H,9-10H2,1H3,(H,20,21). The van der Waals surface area contributed by atoms with E-state index in [2.05, 4.69) is 10.3 Å². The van der Waals surface area contributed by atoms with Gasteiger partial charge in [0.25, 0.3) is 5.91 Å². The molecule has 5 nitrogen and oxygen atoms in total. The fourth-order valence-electron chi connectivity index (χ4n) is 2.31. The molecule has 1 N–H and O–H groups in total. The molecule has 0 unspecified atom stereocenters. The maximum atomic E-state index is 12.3. The van der Waals surface area contributed by atoms with Crippen LogP contribution in [0.1, 0.15) is 11.1 Å². The summed E-state index contributed by atoms with van der Waals surface area (Å²) >= 11 is 5.97. The molecule has 0 aliphatic carbocycles. The van der Waals surface area contributed by atoms with Gasteiger partial charge in [0.15, 0.2) is 0 Å². The molecule has 0 atom stereocenters. The number of methoxy groups -OCH3 is 1. The lowest BCUT2D eigenvalue weighted by molar-refractivity contribution is -0.117. The van der Waals surface area contributed by atoms with Crippen molar-refractivity contribution in [2.24, 2.45) is 0 Å². The minimum atomic E-state index is -0.193. The number of nitrogens with zero attached hydrogens (tertiary/aromatic N) is 1. The summed E-state index contributed by atoms with van der Waals surface area (Å²) in [7, 11) is 1.55. The Labute approximate surface area is 138 Å². The van der Waals surface area contributed by atoms with Crippen molar-refractivity contribution < 1.29 is 14.3 Å². The summed E-state index contributed by atoms with van der Waals surface area (Å²) in [4.78, 5) is 16.4. The quantitative estimate of drug-likeness (QED) is 0.936. The van der Waals surface area contributed by atoms with Gasteiger partial charge in [0.05, 0.1) is 12.7 Å². The first kappa shape index (κ1) is 15.4. The smallest absolute Gasteiger partial charge is 0.250 e. The number of fused-ring (bicyclic) bond motifs is 1. The van der Waals surface area contributed by atoms with E-state index in [0.717, 1.165) is 16.9 Å². The van der Waals surface area contributed by atoms with Gasteiger partial charge in [-0.1, -0.05) is 17.7 Å². The minimum Gasteiger partial charge on any atom is -0.488 e. The Morgan fingerprint density at radius 1 is 1.43 bits per heavy atom. The molecule has 2 aromatic rings. The Hall–Kier alpha value is -2.53. The molecule has 23 heavy (non-hydrogen) atoms. The Kier molecular flexibility index (Phi) is 4.48. The summed E-state index contributed by atoms with van der Waals surface area (Å²) in [6.45, 7) is 0.556. The lowest BCUT2D eigenvalue weighted by Crippen LogP contribution is -2.28. The predicted octanol–water partition coefficient (Wildman–Crippen LogP) is 2.84. The zero-order valence-corrected chi connectivity index (χ0v) is 13.3. The van der Waals surface area contributed by atoms with Gasteiger partial charge in [0.1, 0.15) is 12.4 Å². The Balaban J connectivity index is 1.72. The van der Waals surface area contributed by atoms with Gasteiger partial charge in [-0.3, -0.25) is 4.79 Å². The summed E-state index contributed by atoms with van der Waals surface area (Å²) in [6, 6.07) is 8.98. The highest BCUT2D eigenvalue weighted by atomic mass is 35.5. The second-order valence-corrected chi connectivity index (χ2v) is 5.43. The topological polar surface area (TPSA) is 60.5 Å². The summed E-state index contributed by atoms with van der Waals surface area (Å²) in [5.41, 5.74) is 2.15.